The zero-order chi connectivity index (χ0) is 13.9. The molecule has 0 bridgehead atoms. The van der Waals surface area contributed by atoms with Crippen LogP contribution in [-0.2, 0) is 4.79 Å². The standard InChI is InChI=1S/C15H23NO3/c1-13-6-8-14(9-7-13)19-12-4-5-15(18)16-10-2-3-11-17/h6-9,17H,2-5,10-12H2,1H3,(H,16,18). The molecule has 0 aliphatic rings. The minimum atomic E-state index is 0.0467. The summed E-state index contributed by atoms with van der Waals surface area (Å²) < 4.78 is 5.54. The van der Waals surface area contributed by atoms with Crippen molar-refractivity contribution in [1.82, 2.24) is 5.32 Å². The summed E-state index contributed by atoms with van der Waals surface area (Å²) in [6, 6.07) is 7.88. The maximum Gasteiger partial charge on any atom is 0.220 e. The molecule has 0 spiro atoms. The second kappa shape index (κ2) is 9.39. The number of hydrogen-bond donors (Lipinski definition) is 2. The Morgan fingerprint density at radius 1 is 1.21 bits per heavy atom. The molecule has 1 aromatic carbocycles. The lowest BCUT2D eigenvalue weighted by atomic mass is 10.2. The number of ether oxygens (including phenoxy) is 1. The minimum Gasteiger partial charge on any atom is -0.494 e. The molecule has 0 aliphatic carbocycles. The fourth-order valence-electron chi connectivity index (χ4n) is 1.61. The van der Waals surface area contributed by atoms with Crippen LogP contribution in [-0.4, -0.2) is 30.8 Å². The maximum atomic E-state index is 11.4. The molecule has 4 nitrogen and oxygen atoms in total. The Bertz CT molecular complexity index is 362. The number of carbonyl (C=O) groups is 1. The van der Waals surface area contributed by atoms with Crippen molar-refractivity contribution in [1.29, 1.82) is 0 Å². The first kappa shape index (κ1) is 15.5. The Balaban J connectivity index is 2.03. The van der Waals surface area contributed by atoms with Gasteiger partial charge in [0.1, 0.15) is 5.75 Å². The summed E-state index contributed by atoms with van der Waals surface area (Å²) in [7, 11) is 0. The molecule has 1 amide bonds. The third kappa shape index (κ3) is 7.47. The van der Waals surface area contributed by atoms with Gasteiger partial charge in [-0.05, 0) is 38.3 Å². The van der Waals surface area contributed by atoms with Crippen LogP contribution in [0.15, 0.2) is 24.3 Å². The molecule has 4 heteroatoms. The first-order chi connectivity index (χ1) is 9.22. The van der Waals surface area contributed by atoms with Crippen LogP contribution in [0.4, 0.5) is 0 Å². The number of benzene rings is 1. The number of amides is 1. The van der Waals surface area contributed by atoms with Crippen molar-refractivity contribution in [2.75, 3.05) is 19.8 Å². The summed E-state index contributed by atoms with van der Waals surface area (Å²) in [6.45, 7) is 3.40. The Kier molecular flexibility index (Phi) is 7.66. The van der Waals surface area contributed by atoms with Crippen molar-refractivity contribution in [3.8, 4) is 5.75 Å². The first-order valence-corrected chi connectivity index (χ1v) is 6.79. The van der Waals surface area contributed by atoms with Gasteiger partial charge >= 0.3 is 0 Å². The van der Waals surface area contributed by atoms with Gasteiger partial charge in [-0.1, -0.05) is 17.7 Å². The monoisotopic (exact) mass is 265 g/mol. The Hall–Kier alpha value is -1.55. The molecule has 2 N–H and O–H groups in total. The third-order valence-electron chi connectivity index (χ3n) is 2.74. The van der Waals surface area contributed by atoms with Gasteiger partial charge in [-0.25, -0.2) is 0 Å². The quantitative estimate of drug-likeness (QED) is 0.672. The Morgan fingerprint density at radius 2 is 1.95 bits per heavy atom. The molecule has 0 unspecified atom stereocenters. The second-order valence-electron chi connectivity index (χ2n) is 4.55. The molecule has 0 saturated heterocycles. The van der Waals surface area contributed by atoms with E-state index in [1.54, 1.807) is 0 Å². The van der Waals surface area contributed by atoms with Crippen molar-refractivity contribution in [2.24, 2.45) is 0 Å². The zero-order valence-corrected chi connectivity index (χ0v) is 11.5. The topological polar surface area (TPSA) is 58.6 Å². The summed E-state index contributed by atoms with van der Waals surface area (Å²) in [4.78, 5) is 11.4. The molecule has 106 valence electrons. The number of aliphatic hydroxyl groups is 1. The van der Waals surface area contributed by atoms with Gasteiger partial charge in [0.2, 0.25) is 5.91 Å². The fraction of sp³-hybridized carbons (Fsp3) is 0.533. The van der Waals surface area contributed by atoms with Crippen molar-refractivity contribution in [3.63, 3.8) is 0 Å². The number of unbranched alkanes of at least 4 members (excludes halogenated alkanes) is 1. The maximum absolute atomic E-state index is 11.4. The molecule has 19 heavy (non-hydrogen) atoms. The summed E-state index contributed by atoms with van der Waals surface area (Å²) in [6.07, 6.45) is 2.74. The lowest BCUT2D eigenvalue weighted by Gasteiger charge is -2.07. The normalized spacial score (nSPS) is 10.2. The number of hydrogen-bond acceptors (Lipinski definition) is 3. The number of aliphatic hydroxyl groups excluding tert-OH is 1. The summed E-state index contributed by atoms with van der Waals surface area (Å²) in [5.74, 6) is 0.888. The summed E-state index contributed by atoms with van der Waals surface area (Å²) >= 11 is 0. The van der Waals surface area contributed by atoms with E-state index in [-0.39, 0.29) is 12.5 Å². The fourth-order valence-corrected chi connectivity index (χ4v) is 1.61. The van der Waals surface area contributed by atoms with Crippen LogP contribution in [0.3, 0.4) is 0 Å². The van der Waals surface area contributed by atoms with Crippen LogP contribution in [0, 0.1) is 6.92 Å². The highest BCUT2D eigenvalue weighted by Gasteiger charge is 2.00. The second-order valence-corrected chi connectivity index (χ2v) is 4.55. The van der Waals surface area contributed by atoms with E-state index in [1.807, 2.05) is 31.2 Å². The van der Waals surface area contributed by atoms with Gasteiger partial charge in [0.25, 0.3) is 0 Å². The predicted molar refractivity (Wildman–Crippen MR) is 75.2 cm³/mol. The van der Waals surface area contributed by atoms with E-state index in [0.717, 1.165) is 18.6 Å². The van der Waals surface area contributed by atoms with E-state index in [0.29, 0.717) is 26.0 Å². The molecular weight excluding hydrogens is 242 g/mol. The number of rotatable bonds is 9. The lowest BCUT2D eigenvalue weighted by Crippen LogP contribution is -2.24. The number of nitrogens with one attached hydrogen (secondary N) is 1. The zero-order valence-electron chi connectivity index (χ0n) is 11.5. The van der Waals surface area contributed by atoms with Gasteiger partial charge in [-0.15, -0.1) is 0 Å². The molecule has 0 atom stereocenters. The molecule has 0 aromatic heterocycles. The molecule has 0 heterocycles. The van der Waals surface area contributed by atoms with Crippen molar-refractivity contribution < 1.29 is 14.6 Å². The summed E-state index contributed by atoms with van der Waals surface area (Å²) in [5.41, 5.74) is 1.20. The van der Waals surface area contributed by atoms with Gasteiger partial charge in [-0.2, -0.15) is 0 Å². The average molecular weight is 265 g/mol. The van der Waals surface area contributed by atoms with E-state index in [2.05, 4.69) is 5.32 Å². The van der Waals surface area contributed by atoms with Gasteiger partial charge in [-0.3, -0.25) is 4.79 Å². The van der Waals surface area contributed by atoms with Crippen molar-refractivity contribution in [2.45, 2.75) is 32.6 Å². The van der Waals surface area contributed by atoms with E-state index in [4.69, 9.17) is 9.84 Å². The van der Waals surface area contributed by atoms with Crippen LogP contribution in [0.1, 0.15) is 31.2 Å². The van der Waals surface area contributed by atoms with Gasteiger partial charge in [0.05, 0.1) is 6.61 Å². The highest BCUT2D eigenvalue weighted by molar-refractivity contribution is 5.75. The molecule has 0 radical (unpaired) electrons. The van der Waals surface area contributed by atoms with Gasteiger partial charge in [0, 0.05) is 19.6 Å². The largest absolute Gasteiger partial charge is 0.494 e. The molecular formula is C15H23NO3. The Labute approximate surface area is 114 Å². The molecule has 0 aliphatic heterocycles. The SMILES string of the molecule is Cc1ccc(OCCCC(=O)NCCCCO)cc1. The molecule has 1 aromatic rings. The van der Waals surface area contributed by atoms with Crippen LogP contribution < -0.4 is 10.1 Å². The van der Waals surface area contributed by atoms with E-state index in [1.165, 1.54) is 5.56 Å². The number of carbonyl (C=O) groups excluding carboxylic acids is 1. The van der Waals surface area contributed by atoms with Crippen molar-refractivity contribution >= 4 is 5.91 Å². The van der Waals surface area contributed by atoms with E-state index < -0.39 is 0 Å². The summed E-state index contributed by atoms with van der Waals surface area (Å²) in [5, 5.41) is 11.4. The van der Waals surface area contributed by atoms with E-state index >= 15 is 0 Å². The number of aryl methyl sites for hydroxylation is 1. The minimum absolute atomic E-state index is 0.0467. The predicted octanol–water partition coefficient (Wildman–Crippen LogP) is 2.04. The van der Waals surface area contributed by atoms with Crippen LogP contribution in [0.5, 0.6) is 5.75 Å². The first-order valence-electron chi connectivity index (χ1n) is 6.79. The molecule has 1 rings (SSSR count). The third-order valence-corrected chi connectivity index (χ3v) is 2.74. The Morgan fingerprint density at radius 3 is 2.63 bits per heavy atom. The van der Waals surface area contributed by atoms with Crippen molar-refractivity contribution in [3.05, 3.63) is 29.8 Å². The molecule has 0 saturated carbocycles. The smallest absolute Gasteiger partial charge is 0.220 e. The van der Waals surface area contributed by atoms with Crippen LogP contribution in [0.2, 0.25) is 0 Å². The van der Waals surface area contributed by atoms with Crippen LogP contribution in [0.25, 0.3) is 0 Å². The highest BCUT2D eigenvalue weighted by atomic mass is 16.5. The van der Waals surface area contributed by atoms with Gasteiger partial charge < -0.3 is 15.2 Å². The molecule has 0 fully saturated rings. The average Bonchev–Trinajstić information content (AvgIpc) is 2.42. The van der Waals surface area contributed by atoms with Crippen LogP contribution >= 0.6 is 0 Å². The van der Waals surface area contributed by atoms with Gasteiger partial charge in [0.15, 0.2) is 0 Å². The highest BCUT2D eigenvalue weighted by Crippen LogP contribution is 2.11. The lowest BCUT2D eigenvalue weighted by molar-refractivity contribution is -0.121. The van der Waals surface area contributed by atoms with E-state index in [9.17, 15) is 4.79 Å².